The Balaban J connectivity index is 2.21. The van der Waals surface area contributed by atoms with E-state index in [0.717, 1.165) is 12.1 Å². The lowest BCUT2D eigenvalue weighted by atomic mass is 9.98. The van der Waals surface area contributed by atoms with Crippen LogP contribution in [-0.4, -0.2) is 11.8 Å². The van der Waals surface area contributed by atoms with Gasteiger partial charge in [-0.25, -0.2) is 0 Å². The van der Waals surface area contributed by atoms with Gasteiger partial charge in [-0.2, -0.15) is 0 Å². The molecule has 17 heavy (non-hydrogen) atoms. The second-order valence-electron chi connectivity index (χ2n) is 4.53. The number of fused-ring (bicyclic) bond motifs is 1. The van der Waals surface area contributed by atoms with Gasteiger partial charge in [0.15, 0.2) is 0 Å². The molecule has 0 fully saturated rings. The van der Waals surface area contributed by atoms with Crippen LogP contribution in [0.1, 0.15) is 18.9 Å². The second kappa shape index (κ2) is 4.17. The molecule has 84 valence electrons. The van der Waals surface area contributed by atoms with Crippen LogP contribution in [0.4, 0.5) is 0 Å². The third kappa shape index (κ3) is 1.89. The summed E-state index contributed by atoms with van der Waals surface area (Å²) in [5.74, 6) is 0. The summed E-state index contributed by atoms with van der Waals surface area (Å²) in [6.07, 6.45) is 5.41. The molecule has 0 N–H and O–H groups in total. The van der Waals surface area contributed by atoms with Crippen LogP contribution < -0.4 is 0 Å². The highest BCUT2D eigenvalue weighted by Gasteiger charge is 2.09. The molecule has 1 unspecified atom stereocenters. The summed E-state index contributed by atoms with van der Waals surface area (Å²) in [6.45, 7) is 2.16. The van der Waals surface area contributed by atoms with Crippen molar-refractivity contribution in [1.29, 1.82) is 0 Å². The van der Waals surface area contributed by atoms with Crippen LogP contribution >= 0.6 is 0 Å². The Morgan fingerprint density at radius 2 is 1.88 bits per heavy atom. The van der Waals surface area contributed by atoms with Crippen molar-refractivity contribution in [3.05, 3.63) is 60.2 Å². The van der Waals surface area contributed by atoms with Crippen LogP contribution in [0.15, 0.2) is 59.6 Å². The molecule has 0 aromatic heterocycles. The molecule has 0 saturated heterocycles. The molecule has 1 heterocycles. The molecule has 0 aliphatic carbocycles. The maximum absolute atomic E-state index is 4.73. The van der Waals surface area contributed by atoms with Gasteiger partial charge in [0, 0.05) is 5.56 Å². The quantitative estimate of drug-likeness (QED) is 0.690. The largest absolute Gasteiger partial charge is 0.281 e. The molecule has 1 aliphatic heterocycles. The summed E-state index contributed by atoms with van der Waals surface area (Å²) in [5.41, 5.74) is 2.35. The Morgan fingerprint density at radius 1 is 1.06 bits per heavy atom. The van der Waals surface area contributed by atoms with Gasteiger partial charge in [-0.05, 0) is 30.2 Å². The van der Waals surface area contributed by atoms with E-state index < -0.39 is 0 Å². The molecule has 3 rings (SSSR count). The fourth-order valence-corrected chi connectivity index (χ4v) is 2.32. The molecule has 1 nitrogen and oxygen atoms in total. The Hall–Kier alpha value is -1.89. The van der Waals surface area contributed by atoms with E-state index in [2.05, 4.69) is 61.5 Å². The summed E-state index contributed by atoms with van der Waals surface area (Å²) in [5, 5.41) is 2.56. The fourth-order valence-electron chi connectivity index (χ4n) is 2.32. The van der Waals surface area contributed by atoms with Crippen molar-refractivity contribution in [3.8, 4) is 0 Å². The van der Waals surface area contributed by atoms with Crippen molar-refractivity contribution in [2.45, 2.75) is 19.4 Å². The average Bonchev–Trinajstić information content (AvgIpc) is 2.38. The zero-order valence-corrected chi connectivity index (χ0v) is 9.93. The number of aliphatic imine (C=N–C) groups is 1. The predicted molar refractivity (Wildman–Crippen MR) is 73.7 cm³/mol. The summed E-state index contributed by atoms with van der Waals surface area (Å²) in [7, 11) is 0. The van der Waals surface area contributed by atoms with E-state index in [4.69, 9.17) is 4.99 Å². The highest BCUT2D eigenvalue weighted by atomic mass is 14.8. The Morgan fingerprint density at radius 3 is 2.76 bits per heavy atom. The minimum Gasteiger partial charge on any atom is -0.281 e. The van der Waals surface area contributed by atoms with E-state index in [0.29, 0.717) is 6.04 Å². The zero-order chi connectivity index (χ0) is 11.7. The van der Waals surface area contributed by atoms with E-state index in [-0.39, 0.29) is 0 Å². The SMILES string of the molecule is CC1CC=CC(c2cccc3ccccc23)=N1. The summed E-state index contributed by atoms with van der Waals surface area (Å²) in [6, 6.07) is 15.3. The number of benzene rings is 2. The molecule has 0 radical (unpaired) electrons. The number of rotatable bonds is 1. The molecule has 1 aliphatic rings. The molecule has 0 saturated carbocycles. The smallest absolute Gasteiger partial charge is 0.0653 e. The topological polar surface area (TPSA) is 12.4 Å². The summed E-state index contributed by atoms with van der Waals surface area (Å²) in [4.78, 5) is 4.73. The molecule has 0 spiro atoms. The standard InChI is InChI=1S/C16H15N/c1-12-6-4-11-16(17-12)15-10-5-8-13-7-2-3-9-14(13)15/h2-5,7-12H,6H2,1H3. The minimum atomic E-state index is 0.397. The first kappa shape index (κ1) is 10.3. The van der Waals surface area contributed by atoms with Crippen molar-refractivity contribution in [2.75, 3.05) is 0 Å². The van der Waals surface area contributed by atoms with Gasteiger partial charge >= 0.3 is 0 Å². The summed E-state index contributed by atoms with van der Waals surface area (Å²) < 4.78 is 0. The van der Waals surface area contributed by atoms with Gasteiger partial charge in [-0.1, -0.05) is 48.5 Å². The Kier molecular flexibility index (Phi) is 2.52. The number of hydrogen-bond donors (Lipinski definition) is 0. The Labute approximate surface area is 102 Å². The zero-order valence-electron chi connectivity index (χ0n) is 9.93. The third-order valence-corrected chi connectivity index (χ3v) is 3.18. The van der Waals surface area contributed by atoms with Crippen LogP contribution in [0.25, 0.3) is 10.8 Å². The highest BCUT2D eigenvalue weighted by molar-refractivity contribution is 6.16. The Bertz CT molecular complexity index is 602. The molecule has 1 atom stereocenters. The van der Waals surface area contributed by atoms with E-state index in [9.17, 15) is 0 Å². The molecular formula is C16H15N. The lowest BCUT2D eigenvalue weighted by Crippen LogP contribution is -2.09. The number of hydrogen-bond acceptors (Lipinski definition) is 1. The highest BCUT2D eigenvalue weighted by Crippen LogP contribution is 2.21. The third-order valence-electron chi connectivity index (χ3n) is 3.18. The predicted octanol–water partition coefficient (Wildman–Crippen LogP) is 3.98. The van der Waals surface area contributed by atoms with Gasteiger partial charge < -0.3 is 0 Å². The molecule has 2 aromatic carbocycles. The maximum Gasteiger partial charge on any atom is 0.0653 e. The van der Waals surface area contributed by atoms with Crippen molar-refractivity contribution < 1.29 is 0 Å². The first-order chi connectivity index (χ1) is 8.34. The second-order valence-corrected chi connectivity index (χ2v) is 4.53. The normalized spacial score (nSPS) is 19.4. The van der Waals surface area contributed by atoms with Crippen molar-refractivity contribution >= 4 is 16.5 Å². The van der Waals surface area contributed by atoms with E-state index >= 15 is 0 Å². The minimum absolute atomic E-state index is 0.397. The van der Waals surface area contributed by atoms with Gasteiger partial charge in [-0.3, -0.25) is 4.99 Å². The van der Waals surface area contributed by atoms with Crippen LogP contribution in [0.5, 0.6) is 0 Å². The van der Waals surface area contributed by atoms with Gasteiger partial charge in [0.2, 0.25) is 0 Å². The van der Waals surface area contributed by atoms with Crippen LogP contribution in [0.3, 0.4) is 0 Å². The molecule has 1 heteroatoms. The lowest BCUT2D eigenvalue weighted by molar-refractivity contribution is 0.753. The summed E-state index contributed by atoms with van der Waals surface area (Å²) >= 11 is 0. The van der Waals surface area contributed by atoms with Gasteiger partial charge in [0.25, 0.3) is 0 Å². The van der Waals surface area contributed by atoms with Gasteiger partial charge in [0.1, 0.15) is 0 Å². The molecule has 2 aromatic rings. The van der Waals surface area contributed by atoms with Crippen molar-refractivity contribution in [1.82, 2.24) is 0 Å². The van der Waals surface area contributed by atoms with Gasteiger partial charge in [-0.15, -0.1) is 0 Å². The van der Waals surface area contributed by atoms with E-state index in [1.165, 1.54) is 16.3 Å². The molecule has 0 amide bonds. The van der Waals surface area contributed by atoms with Crippen molar-refractivity contribution in [3.63, 3.8) is 0 Å². The first-order valence-electron chi connectivity index (χ1n) is 6.07. The lowest BCUT2D eigenvalue weighted by Gasteiger charge is -2.13. The van der Waals surface area contributed by atoms with Crippen molar-refractivity contribution in [2.24, 2.45) is 4.99 Å². The van der Waals surface area contributed by atoms with E-state index in [1.54, 1.807) is 0 Å². The number of dihydropyridines is 1. The number of allylic oxidation sites excluding steroid dienone is 1. The first-order valence-corrected chi connectivity index (χ1v) is 6.07. The van der Waals surface area contributed by atoms with Crippen LogP contribution in [-0.2, 0) is 0 Å². The fraction of sp³-hybridized carbons (Fsp3) is 0.188. The number of nitrogens with zero attached hydrogens (tertiary/aromatic N) is 1. The van der Waals surface area contributed by atoms with Gasteiger partial charge in [0.05, 0.1) is 11.8 Å². The molecule has 0 bridgehead atoms. The monoisotopic (exact) mass is 221 g/mol. The van der Waals surface area contributed by atoms with Crippen LogP contribution in [0.2, 0.25) is 0 Å². The van der Waals surface area contributed by atoms with E-state index in [1.807, 2.05) is 0 Å². The van der Waals surface area contributed by atoms with Crippen LogP contribution in [0, 0.1) is 0 Å². The average molecular weight is 221 g/mol. The maximum atomic E-state index is 4.73. The molecular weight excluding hydrogens is 206 g/mol.